The molecule has 1 amide bonds. The molecule has 0 spiro atoms. The largest absolute Gasteiger partial charge is 0.480 e. The van der Waals surface area contributed by atoms with Gasteiger partial charge in [0.2, 0.25) is 5.91 Å². The standard InChI is InChI=1S/C16H22FNO3/c1-2-3-6-14(16(20)21)18-15(19)7-4-5-12-8-10-13(17)11-9-12/h8-11,14H,2-7H2,1H3,(H,18,19)(H,20,21). The third-order valence-electron chi connectivity index (χ3n) is 3.26. The van der Waals surface area contributed by atoms with Crippen molar-refractivity contribution in [1.82, 2.24) is 5.32 Å². The van der Waals surface area contributed by atoms with Gasteiger partial charge in [0.25, 0.3) is 0 Å². The molecular formula is C16H22FNO3. The Morgan fingerprint density at radius 1 is 1.24 bits per heavy atom. The van der Waals surface area contributed by atoms with Gasteiger partial charge in [0.15, 0.2) is 0 Å². The maximum atomic E-state index is 12.7. The van der Waals surface area contributed by atoms with Gasteiger partial charge in [-0.25, -0.2) is 9.18 Å². The van der Waals surface area contributed by atoms with E-state index in [0.29, 0.717) is 19.3 Å². The normalized spacial score (nSPS) is 11.9. The van der Waals surface area contributed by atoms with Crippen molar-refractivity contribution in [1.29, 1.82) is 0 Å². The van der Waals surface area contributed by atoms with Gasteiger partial charge < -0.3 is 10.4 Å². The highest BCUT2D eigenvalue weighted by Gasteiger charge is 2.18. The zero-order valence-electron chi connectivity index (χ0n) is 12.3. The molecule has 1 unspecified atom stereocenters. The van der Waals surface area contributed by atoms with Crippen molar-refractivity contribution in [2.75, 3.05) is 0 Å². The van der Waals surface area contributed by atoms with Gasteiger partial charge in [-0.15, -0.1) is 0 Å². The van der Waals surface area contributed by atoms with Crippen molar-refractivity contribution in [3.63, 3.8) is 0 Å². The van der Waals surface area contributed by atoms with E-state index in [9.17, 15) is 14.0 Å². The smallest absolute Gasteiger partial charge is 0.326 e. The van der Waals surface area contributed by atoms with Gasteiger partial charge in [-0.2, -0.15) is 0 Å². The first-order valence-electron chi connectivity index (χ1n) is 7.29. The summed E-state index contributed by atoms with van der Waals surface area (Å²) in [7, 11) is 0. The van der Waals surface area contributed by atoms with Gasteiger partial charge in [-0.1, -0.05) is 31.9 Å². The molecule has 21 heavy (non-hydrogen) atoms. The Morgan fingerprint density at radius 3 is 2.48 bits per heavy atom. The zero-order chi connectivity index (χ0) is 15.7. The van der Waals surface area contributed by atoms with E-state index in [0.717, 1.165) is 18.4 Å². The molecule has 0 aliphatic rings. The quantitative estimate of drug-likeness (QED) is 0.736. The number of carbonyl (C=O) groups is 2. The van der Waals surface area contributed by atoms with Crippen molar-refractivity contribution in [2.24, 2.45) is 0 Å². The van der Waals surface area contributed by atoms with E-state index in [-0.39, 0.29) is 18.1 Å². The Balaban J connectivity index is 2.32. The van der Waals surface area contributed by atoms with E-state index in [4.69, 9.17) is 5.11 Å². The summed E-state index contributed by atoms with van der Waals surface area (Å²) in [6.45, 7) is 1.98. The third-order valence-corrected chi connectivity index (χ3v) is 3.26. The minimum Gasteiger partial charge on any atom is -0.480 e. The summed E-state index contributed by atoms with van der Waals surface area (Å²) in [6.07, 6.45) is 3.66. The minimum atomic E-state index is -0.990. The minimum absolute atomic E-state index is 0.249. The van der Waals surface area contributed by atoms with E-state index in [1.54, 1.807) is 12.1 Å². The number of hydrogen-bond donors (Lipinski definition) is 2. The number of amides is 1. The molecule has 1 aromatic carbocycles. The van der Waals surface area contributed by atoms with Gasteiger partial charge in [0, 0.05) is 6.42 Å². The summed E-state index contributed by atoms with van der Waals surface area (Å²) in [6, 6.07) is 5.35. The molecule has 1 atom stereocenters. The van der Waals surface area contributed by atoms with Gasteiger partial charge in [-0.05, 0) is 37.0 Å². The van der Waals surface area contributed by atoms with Crippen LogP contribution in [0.1, 0.15) is 44.6 Å². The highest BCUT2D eigenvalue weighted by atomic mass is 19.1. The Labute approximate surface area is 124 Å². The van der Waals surface area contributed by atoms with E-state index in [2.05, 4.69) is 5.32 Å². The van der Waals surface area contributed by atoms with E-state index in [1.807, 2.05) is 6.92 Å². The number of aliphatic carboxylic acids is 1. The predicted molar refractivity (Wildman–Crippen MR) is 78.4 cm³/mol. The SMILES string of the molecule is CCCCC(NC(=O)CCCc1ccc(F)cc1)C(=O)O. The monoisotopic (exact) mass is 295 g/mol. The van der Waals surface area contributed by atoms with Crippen LogP contribution >= 0.6 is 0 Å². The van der Waals surface area contributed by atoms with E-state index >= 15 is 0 Å². The van der Waals surface area contributed by atoms with Crippen LogP contribution in [0.25, 0.3) is 0 Å². The molecule has 0 aromatic heterocycles. The molecule has 0 saturated carbocycles. The molecule has 0 radical (unpaired) electrons. The number of carboxylic acid groups (broad SMARTS) is 1. The molecule has 0 heterocycles. The fraction of sp³-hybridized carbons (Fsp3) is 0.500. The molecule has 0 saturated heterocycles. The van der Waals surface area contributed by atoms with Gasteiger partial charge in [-0.3, -0.25) is 4.79 Å². The fourth-order valence-corrected chi connectivity index (χ4v) is 2.04. The van der Waals surface area contributed by atoms with Crippen LogP contribution in [0.3, 0.4) is 0 Å². The highest BCUT2D eigenvalue weighted by molar-refractivity contribution is 5.83. The second-order valence-corrected chi connectivity index (χ2v) is 5.08. The lowest BCUT2D eigenvalue weighted by atomic mass is 10.1. The van der Waals surface area contributed by atoms with Crippen LogP contribution in [-0.2, 0) is 16.0 Å². The summed E-state index contributed by atoms with van der Waals surface area (Å²) in [5.41, 5.74) is 0.963. The van der Waals surface area contributed by atoms with Crippen LogP contribution in [0.15, 0.2) is 24.3 Å². The van der Waals surface area contributed by atoms with Crippen LogP contribution in [0.2, 0.25) is 0 Å². The Bertz CT molecular complexity index is 459. The van der Waals surface area contributed by atoms with Crippen LogP contribution in [0.5, 0.6) is 0 Å². The van der Waals surface area contributed by atoms with E-state index < -0.39 is 12.0 Å². The number of carboxylic acids is 1. The number of unbranched alkanes of at least 4 members (excludes halogenated alkanes) is 1. The molecule has 5 heteroatoms. The van der Waals surface area contributed by atoms with Crippen LogP contribution < -0.4 is 5.32 Å². The number of aryl methyl sites for hydroxylation is 1. The summed E-state index contributed by atoms with van der Waals surface area (Å²) in [5, 5.41) is 11.6. The van der Waals surface area contributed by atoms with Crippen LogP contribution in [0.4, 0.5) is 4.39 Å². The summed E-state index contributed by atoms with van der Waals surface area (Å²) in [5.74, 6) is -1.52. The van der Waals surface area contributed by atoms with Gasteiger partial charge >= 0.3 is 5.97 Å². The van der Waals surface area contributed by atoms with E-state index in [1.165, 1.54) is 12.1 Å². The third kappa shape index (κ3) is 6.88. The average molecular weight is 295 g/mol. The number of rotatable bonds is 9. The first-order chi connectivity index (χ1) is 10.0. The van der Waals surface area contributed by atoms with Crippen molar-refractivity contribution in [3.05, 3.63) is 35.6 Å². The second-order valence-electron chi connectivity index (χ2n) is 5.08. The Kier molecular flexibility index (Phi) is 7.43. The predicted octanol–water partition coefficient (Wildman–Crippen LogP) is 2.91. The summed E-state index contributed by atoms with van der Waals surface area (Å²) < 4.78 is 12.7. The Morgan fingerprint density at radius 2 is 1.90 bits per heavy atom. The molecule has 0 aliphatic carbocycles. The summed E-state index contributed by atoms with van der Waals surface area (Å²) >= 11 is 0. The number of halogens is 1. The van der Waals surface area contributed by atoms with Gasteiger partial charge in [0.1, 0.15) is 11.9 Å². The zero-order valence-corrected chi connectivity index (χ0v) is 12.3. The lowest BCUT2D eigenvalue weighted by molar-refractivity contribution is -0.142. The molecule has 2 N–H and O–H groups in total. The molecule has 1 aromatic rings. The molecule has 1 rings (SSSR count). The second kappa shape index (κ2) is 9.10. The first-order valence-corrected chi connectivity index (χ1v) is 7.29. The summed E-state index contributed by atoms with van der Waals surface area (Å²) in [4.78, 5) is 22.7. The lowest BCUT2D eigenvalue weighted by Gasteiger charge is -2.14. The van der Waals surface area contributed by atoms with Crippen LogP contribution in [-0.4, -0.2) is 23.0 Å². The van der Waals surface area contributed by atoms with Crippen molar-refractivity contribution >= 4 is 11.9 Å². The highest BCUT2D eigenvalue weighted by Crippen LogP contribution is 2.07. The number of nitrogens with one attached hydrogen (secondary N) is 1. The first kappa shape index (κ1) is 17.1. The molecule has 0 aliphatic heterocycles. The maximum absolute atomic E-state index is 12.7. The van der Waals surface area contributed by atoms with Crippen molar-refractivity contribution < 1.29 is 19.1 Å². The van der Waals surface area contributed by atoms with Gasteiger partial charge in [0.05, 0.1) is 0 Å². The average Bonchev–Trinajstić information content (AvgIpc) is 2.45. The van der Waals surface area contributed by atoms with Crippen LogP contribution in [0, 0.1) is 5.82 Å². The molecule has 0 fully saturated rings. The number of carbonyl (C=O) groups excluding carboxylic acids is 1. The number of hydrogen-bond acceptors (Lipinski definition) is 2. The number of benzene rings is 1. The maximum Gasteiger partial charge on any atom is 0.326 e. The molecule has 4 nitrogen and oxygen atoms in total. The molecular weight excluding hydrogens is 273 g/mol. The molecule has 116 valence electrons. The van der Waals surface area contributed by atoms with Crippen molar-refractivity contribution in [3.8, 4) is 0 Å². The fourth-order valence-electron chi connectivity index (χ4n) is 2.04. The van der Waals surface area contributed by atoms with Crippen molar-refractivity contribution in [2.45, 2.75) is 51.5 Å². The topological polar surface area (TPSA) is 66.4 Å². The molecule has 0 bridgehead atoms. The Hall–Kier alpha value is -1.91. The lowest BCUT2D eigenvalue weighted by Crippen LogP contribution is -2.40.